The van der Waals surface area contributed by atoms with Gasteiger partial charge in [0.2, 0.25) is 0 Å². The van der Waals surface area contributed by atoms with Gasteiger partial charge in [0.1, 0.15) is 5.01 Å². The van der Waals surface area contributed by atoms with E-state index in [1.807, 2.05) is 11.6 Å². The summed E-state index contributed by atoms with van der Waals surface area (Å²) in [6.45, 7) is 12.3. The molecular weight excluding hydrogens is 342 g/mol. The zero-order chi connectivity index (χ0) is 18.1. The maximum Gasteiger partial charge on any atom is 0.191 e. The van der Waals surface area contributed by atoms with Gasteiger partial charge in [-0.1, -0.05) is 51.1 Å². The monoisotopic (exact) mass is 369 g/mol. The van der Waals surface area contributed by atoms with Crippen molar-refractivity contribution in [3.63, 3.8) is 0 Å². The van der Waals surface area contributed by atoms with Gasteiger partial charge >= 0.3 is 0 Å². The lowest BCUT2D eigenvalue weighted by atomic mass is 10.0. The van der Waals surface area contributed by atoms with Gasteiger partial charge in [0.25, 0.3) is 0 Å². The maximum absolute atomic E-state index is 6.31. The zero-order valence-corrected chi connectivity index (χ0v) is 17.6. The fourth-order valence-corrected chi connectivity index (χ4v) is 4.27. The number of benzene rings is 2. The fourth-order valence-electron chi connectivity index (χ4n) is 2.59. The van der Waals surface area contributed by atoms with E-state index < -0.39 is 8.32 Å². The van der Waals surface area contributed by atoms with Crippen molar-refractivity contribution < 1.29 is 4.43 Å². The van der Waals surface area contributed by atoms with Gasteiger partial charge < -0.3 is 4.43 Å². The predicted molar refractivity (Wildman–Crippen MR) is 112 cm³/mol. The van der Waals surface area contributed by atoms with Crippen LogP contribution in [-0.4, -0.2) is 19.9 Å². The SMILES string of the molecule is CC(C)(C)[Si](C)(C)OCCc1ccc2cc(-c3nccs3)ccc2c1. The predicted octanol–water partition coefficient (Wildman–Crippen LogP) is 6.53. The number of thiazole rings is 1. The average molecular weight is 370 g/mol. The molecule has 0 atom stereocenters. The smallest absolute Gasteiger partial charge is 0.191 e. The van der Waals surface area contributed by atoms with Crippen molar-refractivity contribution in [2.75, 3.05) is 6.61 Å². The van der Waals surface area contributed by atoms with Crippen LogP contribution in [0.2, 0.25) is 18.1 Å². The standard InChI is InChI=1S/C21H27NOSSi/c1-21(2,3)25(4,5)23-12-10-16-6-7-18-15-19(9-8-17(18)14-16)20-22-11-13-24-20/h6-9,11,13-15H,10,12H2,1-5H3. The second-order valence-electron chi connectivity index (χ2n) is 8.09. The van der Waals surface area contributed by atoms with Gasteiger partial charge in [-0.3, -0.25) is 0 Å². The summed E-state index contributed by atoms with van der Waals surface area (Å²) in [6.07, 6.45) is 2.83. The Bertz CT molecular complexity index is 850. The fraction of sp³-hybridized carbons (Fsp3) is 0.381. The third kappa shape index (κ3) is 4.19. The molecular formula is C21H27NOSSi. The number of fused-ring (bicyclic) bond motifs is 1. The largest absolute Gasteiger partial charge is 0.416 e. The first-order valence-corrected chi connectivity index (χ1v) is 12.6. The number of nitrogens with zero attached hydrogens (tertiary/aromatic N) is 1. The van der Waals surface area contributed by atoms with Crippen molar-refractivity contribution in [3.8, 4) is 10.6 Å². The molecule has 3 aromatic rings. The van der Waals surface area contributed by atoms with Gasteiger partial charge in [0, 0.05) is 23.7 Å². The molecule has 0 bridgehead atoms. The third-order valence-corrected chi connectivity index (χ3v) is 10.6. The van der Waals surface area contributed by atoms with Gasteiger partial charge in [-0.15, -0.1) is 11.3 Å². The Kier molecular flexibility index (Phi) is 5.14. The van der Waals surface area contributed by atoms with E-state index in [-0.39, 0.29) is 5.04 Å². The maximum atomic E-state index is 6.31. The van der Waals surface area contributed by atoms with E-state index in [2.05, 4.69) is 75.2 Å². The van der Waals surface area contributed by atoms with Gasteiger partial charge in [-0.25, -0.2) is 4.98 Å². The highest BCUT2D eigenvalue weighted by molar-refractivity contribution is 7.13. The molecule has 0 saturated heterocycles. The Hall–Kier alpha value is -1.49. The van der Waals surface area contributed by atoms with Crippen LogP contribution in [-0.2, 0) is 10.8 Å². The van der Waals surface area contributed by atoms with Crippen LogP contribution < -0.4 is 0 Å². The van der Waals surface area contributed by atoms with Crippen LogP contribution in [0, 0.1) is 0 Å². The van der Waals surface area contributed by atoms with Crippen molar-refractivity contribution in [1.29, 1.82) is 0 Å². The molecule has 0 aliphatic rings. The van der Waals surface area contributed by atoms with Crippen molar-refractivity contribution in [1.82, 2.24) is 4.98 Å². The number of rotatable bonds is 5. The molecule has 1 heterocycles. The van der Waals surface area contributed by atoms with E-state index in [0.29, 0.717) is 0 Å². The van der Waals surface area contributed by atoms with Gasteiger partial charge in [-0.05, 0) is 47.0 Å². The molecule has 25 heavy (non-hydrogen) atoms. The van der Waals surface area contributed by atoms with Gasteiger partial charge in [0.05, 0.1) is 0 Å². The van der Waals surface area contributed by atoms with E-state index in [4.69, 9.17) is 4.43 Å². The quantitative estimate of drug-likeness (QED) is 0.477. The molecule has 0 amide bonds. The van der Waals surface area contributed by atoms with E-state index in [0.717, 1.165) is 18.0 Å². The molecule has 4 heteroatoms. The van der Waals surface area contributed by atoms with Crippen LogP contribution in [0.4, 0.5) is 0 Å². The van der Waals surface area contributed by atoms with E-state index >= 15 is 0 Å². The van der Waals surface area contributed by atoms with Crippen LogP contribution in [0.25, 0.3) is 21.3 Å². The topological polar surface area (TPSA) is 22.1 Å². The molecule has 2 nitrogen and oxygen atoms in total. The highest BCUT2D eigenvalue weighted by Gasteiger charge is 2.36. The number of hydrogen-bond acceptors (Lipinski definition) is 3. The summed E-state index contributed by atoms with van der Waals surface area (Å²) < 4.78 is 6.31. The second kappa shape index (κ2) is 7.02. The van der Waals surface area contributed by atoms with Crippen LogP contribution >= 0.6 is 11.3 Å². The van der Waals surface area contributed by atoms with Gasteiger partial charge in [0.15, 0.2) is 8.32 Å². The Morgan fingerprint density at radius 3 is 2.44 bits per heavy atom. The summed E-state index contributed by atoms with van der Waals surface area (Å²) in [4.78, 5) is 4.40. The summed E-state index contributed by atoms with van der Waals surface area (Å²) in [7, 11) is -1.66. The molecule has 132 valence electrons. The minimum atomic E-state index is -1.66. The highest BCUT2D eigenvalue weighted by atomic mass is 32.1. The summed E-state index contributed by atoms with van der Waals surface area (Å²) in [6, 6.07) is 13.3. The molecule has 0 N–H and O–H groups in total. The molecule has 0 unspecified atom stereocenters. The molecule has 0 aliphatic carbocycles. The van der Waals surface area contributed by atoms with E-state index in [9.17, 15) is 0 Å². The second-order valence-corrected chi connectivity index (χ2v) is 13.8. The molecule has 2 aromatic carbocycles. The van der Waals surface area contributed by atoms with Crippen molar-refractivity contribution in [2.24, 2.45) is 0 Å². The lowest BCUT2D eigenvalue weighted by Gasteiger charge is -2.36. The summed E-state index contributed by atoms with van der Waals surface area (Å²) in [5.41, 5.74) is 2.53. The van der Waals surface area contributed by atoms with Crippen LogP contribution in [0.15, 0.2) is 48.0 Å². The first-order valence-electron chi connectivity index (χ1n) is 8.83. The van der Waals surface area contributed by atoms with E-state index in [1.165, 1.54) is 21.9 Å². The normalized spacial score (nSPS) is 12.7. The summed E-state index contributed by atoms with van der Waals surface area (Å²) >= 11 is 1.68. The molecule has 1 aromatic heterocycles. The Balaban J connectivity index is 1.71. The highest BCUT2D eigenvalue weighted by Crippen LogP contribution is 2.36. The number of hydrogen-bond donors (Lipinski definition) is 0. The Morgan fingerprint density at radius 2 is 1.76 bits per heavy atom. The van der Waals surface area contributed by atoms with Crippen LogP contribution in [0.5, 0.6) is 0 Å². The van der Waals surface area contributed by atoms with Crippen molar-refractivity contribution in [2.45, 2.75) is 45.3 Å². The minimum absolute atomic E-state index is 0.266. The summed E-state index contributed by atoms with van der Waals surface area (Å²) in [5, 5.41) is 5.91. The van der Waals surface area contributed by atoms with E-state index in [1.54, 1.807) is 11.3 Å². The van der Waals surface area contributed by atoms with Gasteiger partial charge in [-0.2, -0.15) is 0 Å². The van der Waals surface area contributed by atoms with Crippen LogP contribution in [0.3, 0.4) is 0 Å². The number of aromatic nitrogens is 1. The molecule has 0 aliphatic heterocycles. The third-order valence-electron chi connectivity index (χ3n) is 5.24. The lowest BCUT2D eigenvalue weighted by Crippen LogP contribution is -2.41. The first kappa shape index (κ1) is 18.3. The zero-order valence-electron chi connectivity index (χ0n) is 15.8. The molecule has 0 fully saturated rings. The molecule has 0 saturated carbocycles. The molecule has 0 spiro atoms. The Morgan fingerprint density at radius 1 is 1.04 bits per heavy atom. The Labute approximate surface area is 156 Å². The molecule has 0 radical (unpaired) electrons. The molecule has 3 rings (SSSR count). The lowest BCUT2D eigenvalue weighted by molar-refractivity contribution is 0.292. The minimum Gasteiger partial charge on any atom is -0.416 e. The van der Waals surface area contributed by atoms with Crippen LogP contribution in [0.1, 0.15) is 26.3 Å². The first-order chi connectivity index (χ1) is 11.8. The van der Waals surface area contributed by atoms with Crippen molar-refractivity contribution in [3.05, 3.63) is 53.5 Å². The van der Waals surface area contributed by atoms with Crippen molar-refractivity contribution >= 4 is 30.4 Å². The summed E-state index contributed by atoms with van der Waals surface area (Å²) in [5.74, 6) is 0. The average Bonchev–Trinajstić information content (AvgIpc) is 3.07.